The van der Waals surface area contributed by atoms with E-state index in [4.69, 9.17) is 15.9 Å². The van der Waals surface area contributed by atoms with E-state index in [1.165, 1.54) is 6.08 Å². The molecule has 0 spiro atoms. The van der Waals surface area contributed by atoms with Crippen molar-refractivity contribution in [1.82, 2.24) is 5.32 Å². The molecule has 1 amide bonds. The molecule has 0 heterocycles. The van der Waals surface area contributed by atoms with Gasteiger partial charge in [-0.3, -0.25) is 4.79 Å². The minimum atomic E-state index is -0.608. The summed E-state index contributed by atoms with van der Waals surface area (Å²) in [6.07, 6.45) is 12.7. The second-order valence-corrected chi connectivity index (χ2v) is 14.7. The van der Waals surface area contributed by atoms with E-state index < -0.39 is 17.2 Å². The zero-order chi connectivity index (χ0) is 41.4. The van der Waals surface area contributed by atoms with Gasteiger partial charge in [0.2, 0.25) is 6.08 Å². The van der Waals surface area contributed by atoms with E-state index in [1.54, 1.807) is 6.08 Å². The monoisotopic (exact) mass is 777 g/mol. The van der Waals surface area contributed by atoms with Crippen molar-refractivity contribution in [3.63, 3.8) is 0 Å². The third-order valence-corrected chi connectivity index (χ3v) is 8.71. The Kier molecular flexibility index (Phi) is 28.2. The summed E-state index contributed by atoms with van der Waals surface area (Å²) in [5.41, 5.74) is 3.83. The number of ether oxygens (including phenoxy) is 3. The van der Waals surface area contributed by atoms with E-state index in [0.29, 0.717) is 19.6 Å². The molecular formula is C47H72N2O7. The molecule has 1 unspecified atom stereocenters. The summed E-state index contributed by atoms with van der Waals surface area (Å²) in [5.74, 6) is 1.71. The minimum Gasteiger partial charge on any atom is -0.465 e. The highest BCUT2D eigenvalue weighted by atomic mass is 16.5. The summed E-state index contributed by atoms with van der Waals surface area (Å²) < 4.78 is 15.0. The molecule has 2 aromatic rings. The van der Waals surface area contributed by atoms with Crippen molar-refractivity contribution >= 4 is 29.7 Å². The van der Waals surface area contributed by atoms with Gasteiger partial charge in [-0.25, -0.2) is 14.4 Å². The van der Waals surface area contributed by atoms with Crippen molar-refractivity contribution in [2.75, 3.05) is 19.8 Å². The van der Waals surface area contributed by atoms with Crippen molar-refractivity contribution in [3.8, 4) is 12.3 Å². The first-order chi connectivity index (χ1) is 25.3. The lowest BCUT2D eigenvalue weighted by molar-refractivity contribution is -0.149. The first-order valence-corrected chi connectivity index (χ1v) is 18.7. The first kappa shape index (κ1) is 55.4. The maximum absolute atomic E-state index is 12.4. The van der Waals surface area contributed by atoms with Gasteiger partial charge in [-0.2, -0.15) is 4.99 Å². The van der Waals surface area contributed by atoms with Gasteiger partial charge >= 0.3 is 18.0 Å². The fourth-order valence-corrected chi connectivity index (χ4v) is 5.09. The van der Waals surface area contributed by atoms with E-state index in [-0.39, 0.29) is 44.7 Å². The molecule has 9 heteroatoms. The summed E-state index contributed by atoms with van der Waals surface area (Å²) >= 11 is 0. The lowest BCUT2D eigenvalue weighted by atomic mass is 9.75. The standard InChI is InChI=1S/C25H37NO4.C13H15NO.C7H12O2.2CH4/c1-8-11-17-29-22(27)19(10-3)18-24(4,5)20-12-14-21(15-13-20)25(6,7)26-23(28)30-16-9-2;1-10(2)11-6-5-7-12(8-11)13(3,4)14-9-15;1-3-5-6-9-7(8)4-2;;/h2,12-15,19H,8,10-11,16-18H2,1,3-7H3,(H,26,28);5-8H,1H2,2-4H3;4H,2-3,5-6H2,1H3;2*1H4. The van der Waals surface area contributed by atoms with Gasteiger partial charge < -0.3 is 19.5 Å². The van der Waals surface area contributed by atoms with E-state index >= 15 is 0 Å². The van der Waals surface area contributed by atoms with Crippen molar-refractivity contribution in [1.29, 1.82) is 0 Å². The van der Waals surface area contributed by atoms with Crippen molar-refractivity contribution in [3.05, 3.63) is 90.0 Å². The maximum atomic E-state index is 12.4. The molecule has 0 saturated carbocycles. The first-order valence-electron chi connectivity index (χ1n) is 18.7. The molecule has 1 atom stereocenters. The Bertz CT molecular complexity index is 1580. The fourth-order valence-electron chi connectivity index (χ4n) is 5.09. The van der Waals surface area contributed by atoms with E-state index in [9.17, 15) is 19.2 Å². The zero-order valence-electron chi connectivity index (χ0n) is 34.4. The molecule has 0 aliphatic rings. The molecule has 0 aromatic heterocycles. The van der Waals surface area contributed by atoms with Gasteiger partial charge in [-0.15, -0.1) is 6.42 Å². The van der Waals surface area contributed by atoms with Crippen molar-refractivity contribution in [2.24, 2.45) is 10.9 Å². The van der Waals surface area contributed by atoms with E-state index in [1.807, 2.05) is 84.9 Å². The molecule has 0 fully saturated rings. The number of esters is 2. The normalized spacial score (nSPS) is 10.9. The van der Waals surface area contributed by atoms with Gasteiger partial charge in [0.1, 0.15) is 0 Å². The van der Waals surface area contributed by atoms with Crippen LogP contribution in [0.1, 0.15) is 145 Å². The summed E-state index contributed by atoms with van der Waals surface area (Å²) in [5, 5.41) is 2.83. The van der Waals surface area contributed by atoms with Crippen LogP contribution in [0.2, 0.25) is 0 Å². The summed E-state index contributed by atoms with van der Waals surface area (Å²) in [4.78, 5) is 48.7. The number of alkyl carbamates (subject to hydrolysis) is 1. The van der Waals surface area contributed by atoms with Gasteiger partial charge in [-0.1, -0.05) is 129 Å². The summed E-state index contributed by atoms with van der Waals surface area (Å²) in [6.45, 7) is 28.1. The SMILES string of the molecule is C.C.C#CCOC(=O)NC(C)(C)c1ccc(C(C)(C)CC(CC)C(=O)OCCCC)cc1.C=C(C)c1cccc(C(C)(C)N=C=O)c1.C=CC(=O)OCCCC. The molecule has 0 aliphatic carbocycles. The van der Waals surface area contributed by atoms with Crippen LogP contribution >= 0.6 is 0 Å². The number of aliphatic imine (C=N–C) groups is 1. The largest absolute Gasteiger partial charge is 0.465 e. The number of carbonyl (C=O) groups is 3. The number of allylic oxidation sites excluding steroid dienone is 1. The Balaban J connectivity index is -0.000000896. The molecule has 2 rings (SSSR count). The number of hydrogen-bond acceptors (Lipinski definition) is 8. The predicted octanol–water partition coefficient (Wildman–Crippen LogP) is 11.4. The number of unbranched alkanes of at least 4 members (excludes halogenated alkanes) is 2. The quantitative estimate of drug-likeness (QED) is 0.0304. The van der Waals surface area contributed by atoms with Crippen LogP contribution in [0.5, 0.6) is 0 Å². The van der Waals surface area contributed by atoms with Crippen molar-refractivity contribution < 1.29 is 33.4 Å². The molecule has 1 N–H and O–H groups in total. The lowest BCUT2D eigenvalue weighted by Crippen LogP contribution is -2.41. The van der Waals surface area contributed by atoms with Crippen LogP contribution in [0.25, 0.3) is 5.57 Å². The molecule has 312 valence electrons. The molecule has 9 nitrogen and oxygen atoms in total. The number of hydrogen-bond donors (Lipinski definition) is 1. The molecule has 0 aliphatic heterocycles. The average molecular weight is 777 g/mol. The van der Waals surface area contributed by atoms with E-state index in [0.717, 1.165) is 59.9 Å². The Morgan fingerprint density at radius 1 is 0.875 bits per heavy atom. The number of nitrogens with zero attached hydrogens (tertiary/aromatic N) is 1. The Labute approximate surface area is 339 Å². The van der Waals surface area contributed by atoms with Gasteiger partial charge in [-0.05, 0) is 94.0 Å². The number of terminal acetylenes is 1. The highest BCUT2D eigenvalue weighted by molar-refractivity contribution is 5.81. The van der Waals surface area contributed by atoms with Crippen LogP contribution in [0.15, 0.2) is 72.8 Å². The van der Waals surface area contributed by atoms with Crippen LogP contribution in [0.4, 0.5) is 4.79 Å². The second kappa shape index (κ2) is 28.5. The topological polar surface area (TPSA) is 120 Å². The van der Waals surface area contributed by atoms with Crippen LogP contribution in [0, 0.1) is 18.3 Å². The highest BCUT2D eigenvalue weighted by Crippen LogP contribution is 2.34. The van der Waals surface area contributed by atoms with E-state index in [2.05, 4.69) is 67.0 Å². The maximum Gasteiger partial charge on any atom is 0.408 e. The fraction of sp³-hybridized carbons (Fsp3) is 0.532. The molecule has 56 heavy (non-hydrogen) atoms. The minimum absolute atomic E-state index is 0. The van der Waals surface area contributed by atoms with Crippen molar-refractivity contribution in [2.45, 2.75) is 139 Å². The summed E-state index contributed by atoms with van der Waals surface area (Å²) in [7, 11) is 0. The van der Waals surface area contributed by atoms with Gasteiger partial charge in [0, 0.05) is 6.08 Å². The molecule has 0 bridgehead atoms. The lowest BCUT2D eigenvalue weighted by Gasteiger charge is -2.31. The van der Waals surface area contributed by atoms with Gasteiger partial charge in [0.15, 0.2) is 6.61 Å². The molecule has 0 radical (unpaired) electrons. The second-order valence-electron chi connectivity index (χ2n) is 14.7. The number of benzene rings is 2. The molecule has 0 saturated heterocycles. The van der Waals surface area contributed by atoms with Gasteiger partial charge in [0.25, 0.3) is 0 Å². The van der Waals surface area contributed by atoms with Crippen LogP contribution in [0.3, 0.4) is 0 Å². The number of nitrogens with one attached hydrogen (secondary N) is 1. The summed E-state index contributed by atoms with van der Waals surface area (Å²) in [6, 6.07) is 16.0. The number of isocyanates is 1. The zero-order valence-corrected chi connectivity index (χ0v) is 34.4. The van der Waals surface area contributed by atoms with Crippen LogP contribution in [-0.4, -0.2) is 43.9 Å². The average Bonchev–Trinajstić information content (AvgIpc) is 3.13. The predicted molar refractivity (Wildman–Crippen MR) is 232 cm³/mol. The Morgan fingerprint density at radius 3 is 1.91 bits per heavy atom. The third-order valence-electron chi connectivity index (χ3n) is 8.71. The number of rotatable bonds is 18. The smallest absolute Gasteiger partial charge is 0.408 e. The number of carbonyl (C=O) groups excluding carboxylic acids is 4. The number of amides is 1. The van der Waals surface area contributed by atoms with Crippen LogP contribution in [-0.2, 0) is 45.1 Å². The Morgan fingerprint density at radius 2 is 1.43 bits per heavy atom. The van der Waals surface area contributed by atoms with Gasteiger partial charge in [0.05, 0.1) is 30.2 Å². The molecule has 2 aromatic carbocycles. The van der Waals surface area contributed by atoms with Crippen LogP contribution < -0.4 is 5.32 Å². The highest BCUT2D eigenvalue weighted by Gasteiger charge is 2.30. The molecular weight excluding hydrogens is 705 g/mol. The third kappa shape index (κ3) is 21.2. The Hall–Kier alpha value is -4.93.